The summed E-state index contributed by atoms with van der Waals surface area (Å²) < 4.78 is 5.93. The summed E-state index contributed by atoms with van der Waals surface area (Å²) in [5.41, 5.74) is 2.87. The van der Waals surface area contributed by atoms with E-state index in [0.717, 1.165) is 33.1 Å². The molecule has 2 amide bonds. The zero-order chi connectivity index (χ0) is 28.3. The second-order valence-electron chi connectivity index (χ2n) is 10.4. The van der Waals surface area contributed by atoms with Crippen molar-refractivity contribution >= 4 is 23.2 Å². The molecule has 3 aromatic carbocycles. The Kier molecular flexibility index (Phi) is 7.57. The number of carbonyl (C=O) groups is 2. The van der Waals surface area contributed by atoms with Gasteiger partial charge in [-0.05, 0) is 85.5 Å². The van der Waals surface area contributed by atoms with Crippen LogP contribution in [-0.2, 0) is 0 Å². The van der Waals surface area contributed by atoms with Crippen LogP contribution in [0.15, 0.2) is 116 Å². The molecular formula is C35H32N2O3S. The summed E-state index contributed by atoms with van der Waals surface area (Å²) in [6.07, 6.45) is 7.29. The van der Waals surface area contributed by atoms with Crippen LogP contribution >= 0.6 is 11.3 Å². The van der Waals surface area contributed by atoms with Gasteiger partial charge in [0.2, 0.25) is 0 Å². The molecule has 6 heteroatoms. The number of allylic oxidation sites excluding steroid dienone is 1. The lowest BCUT2D eigenvalue weighted by molar-refractivity contribution is 0.0350. The fraction of sp³-hybridized carbons (Fsp3) is 0.200. The van der Waals surface area contributed by atoms with Gasteiger partial charge in [0.05, 0.1) is 17.0 Å². The Bertz CT molecular complexity index is 1590. The first-order valence-electron chi connectivity index (χ1n) is 14.0. The van der Waals surface area contributed by atoms with E-state index in [9.17, 15) is 9.59 Å². The van der Waals surface area contributed by atoms with Gasteiger partial charge in [-0.3, -0.25) is 9.59 Å². The lowest BCUT2D eigenvalue weighted by atomic mass is 9.88. The van der Waals surface area contributed by atoms with E-state index in [4.69, 9.17) is 4.74 Å². The summed E-state index contributed by atoms with van der Waals surface area (Å²) >= 11 is 1.50. The number of nitrogens with zero attached hydrogens (tertiary/aromatic N) is 2. The van der Waals surface area contributed by atoms with Gasteiger partial charge in [0, 0.05) is 23.0 Å². The molecule has 6 rings (SSSR count). The smallest absolute Gasteiger partial charge is 0.264 e. The van der Waals surface area contributed by atoms with Crippen molar-refractivity contribution in [3.05, 3.63) is 132 Å². The normalized spacial score (nSPS) is 19.6. The Labute approximate surface area is 245 Å². The Hall–Kier alpha value is -4.42. The van der Waals surface area contributed by atoms with Crippen LogP contribution in [0.5, 0.6) is 11.5 Å². The van der Waals surface area contributed by atoms with E-state index in [2.05, 4.69) is 12.7 Å². The quantitative estimate of drug-likeness (QED) is 0.204. The molecule has 0 saturated carbocycles. The first-order chi connectivity index (χ1) is 20.1. The molecule has 2 aliphatic rings. The third-order valence-electron chi connectivity index (χ3n) is 7.86. The molecule has 0 aliphatic carbocycles. The molecule has 0 spiro atoms. The first kappa shape index (κ1) is 26.8. The van der Waals surface area contributed by atoms with Crippen molar-refractivity contribution in [1.82, 2.24) is 9.80 Å². The fourth-order valence-corrected chi connectivity index (χ4v) is 7.00. The van der Waals surface area contributed by atoms with E-state index >= 15 is 0 Å². The number of hydrogen-bond donors (Lipinski definition) is 0. The van der Waals surface area contributed by atoms with Crippen LogP contribution in [0.2, 0.25) is 0 Å². The zero-order valence-electron chi connectivity index (χ0n) is 23.0. The number of para-hydroxylation sites is 1. The van der Waals surface area contributed by atoms with E-state index in [1.54, 1.807) is 6.08 Å². The highest BCUT2D eigenvalue weighted by atomic mass is 32.1. The number of fused-ring (bicyclic) bond motifs is 3. The number of ether oxygens (including phenoxy) is 1. The second-order valence-corrected chi connectivity index (χ2v) is 11.5. The van der Waals surface area contributed by atoms with Crippen LogP contribution in [0.25, 0.3) is 10.4 Å². The van der Waals surface area contributed by atoms with Crippen LogP contribution in [0, 0.1) is 0 Å². The number of amides is 2. The topological polar surface area (TPSA) is 49.9 Å². The van der Waals surface area contributed by atoms with E-state index in [1.807, 2.05) is 114 Å². The van der Waals surface area contributed by atoms with Crippen LogP contribution < -0.4 is 4.74 Å². The predicted octanol–water partition coefficient (Wildman–Crippen LogP) is 8.14. The zero-order valence-corrected chi connectivity index (χ0v) is 23.8. The van der Waals surface area contributed by atoms with E-state index in [0.29, 0.717) is 24.3 Å². The number of rotatable bonds is 8. The molecule has 0 radical (unpaired) electrons. The van der Waals surface area contributed by atoms with Crippen molar-refractivity contribution in [2.75, 3.05) is 6.54 Å². The molecule has 1 saturated heterocycles. The number of carbonyl (C=O) groups excluding carboxylic acids is 2. The Balaban J connectivity index is 1.22. The van der Waals surface area contributed by atoms with Gasteiger partial charge in [-0.2, -0.15) is 0 Å². The van der Waals surface area contributed by atoms with Crippen LogP contribution in [-0.4, -0.2) is 40.2 Å². The molecule has 0 bridgehead atoms. The van der Waals surface area contributed by atoms with Gasteiger partial charge in [-0.25, -0.2) is 0 Å². The largest absolute Gasteiger partial charge is 0.457 e. The van der Waals surface area contributed by atoms with Gasteiger partial charge in [-0.1, -0.05) is 54.6 Å². The van der Waals surface area contributed by atoms with Gasteiger partial charge in [0.25, 0.3) is 11.8 Å². The number of thiophene rings is 1. The summed E-state index contributed by atoms with van der Waals surface area (Å²) in [7, 11) is 0. The van der Waals surface area contributed by atoms with Crippen molar-refractivity contribution in [2.24, 2.45) is 0 Å². The monoisotopic (exact) mass is 560 g/mol. The Morgan fingerprint density at radius 1 is 0.976 bits per heavy atom. The van der Waals surface area contributed by atoms with Gasteiger partial charge in [-0.15, -0.1) is 17.9 Å². The molecule has 0 N–H and O–H groups in total. The highest BCUT2D eigenvalue weighted by molar-refractivity contribution is 7.17. The van der Waals surface area contributed by atoms with Crippen molar-refractivity contribution in [2.45, 2.75) is 37.9 Å². The second kappa shape index (κ2) is 11.6. The number of piperidine rings is 1. The molecule has 1 unspecified atom stereocenters. The summed E-state index contributed by atoms with van der Waals surface area (Å²) in [6.45, 7) is 6.38. The van der Waals surface area contributed by atoms with E-state index < -0.39 is 0 Å². The van der Waals surface area contributed by atoms with Gasteiger partial charge in [0.1, 0.15) is 11.5 Å². The highest BCUT2D eigenvalue weighted by Gasteiger charge is 2.46. The van der Waals surface area contributed by atoms with Crippen LogP contribution in [0.1, 0.15) is 51.4 Å². The average Bonchev–Trinajstić information content (AvgIpc) is 3.61. The molecule has 1 aromatic heterocycles. The lowest BCUT2D eigenvalue weighted by Crippen LogP contribution is -2.51. The van der Waals surface area contributed by atoms with Crippen LogP contribution in [0.4, 0.5) is 0 Å². The minimum atomic E-state index is -0.0701. The van der Waals surface area contributed by atoms with Crippen molar-refractivity contribution in [1.29, 1.82) is 0 Å². The molecule has 5 nitrogen and oxygen atoms in total. The van der Waals surface area contributed by atoms with E-state index in [1.165, 1.54) is 11.3 Å². The minimum Gasteiger partial charge on any atom is -0.457 e. The van der Waals surface area contributed by atoms with Gasteiger partial charge < -0.3 is 14.5 Å². The molecule has 2 aliphatic heterocycles. The average molecular weight is 561 g/mol. The maximum atomic E-state index is 14.0. The van der Waals surface area contributed by atoms with Gasteiger partial charge in [0.15, 0.2) is 0 Å². The lowest BCUT2D eigenvalue weighted by Gasteiger charge is -2.44. The van der Waals surface area contributed by atoms with Gasteiger partial charge >= 0.3 is 0 Å². The summed E-state index contributed by atoms with van der Waals surface area (Å²) in [4.78, 5) is 33.0. The number of hydrogen-bond acceptors (Lipinski definition) is 4. The minimum absolute atomic E-state index is 0.000433. The first-order valence-corrected chi connectivity index (χ1v) is 14.8. The molecule has 41 heavy (non-hydrogen) atoms. The number of benzene rings is 3. The summed E-state index contributed by atoms with van der Waals surface area (Å²) in [5, 5.41) is 0. The SMILES string of the molecule is C=CCN(C(=O)c1ccc(-c2ccc(Oc3ccccc3)cc2)s1)C1C[C@@H](/C=C/C)N2C(=O)c3ccccc3[C@@H]2C1. The Morgan fingerprint density at radius 3 is 2.46 bits per heavy atom. The van der Waals surface area contributed by atoms with Crippen molar-refractivity contribution in [3.63, 3.8) is 0 Å². The molecule has 1 fully saturated rings. The molecular weight excluding hydrogens is 528 g/mol. The Morgan fingerprint density at radius 2 is 1.71 bits per heavy atom. The van der Waals surface area contributed by atoms with Crippen molar-refractivity contribution in [3.8, 4) is 21.9 Å². The summed E-state index contributed by atoms with van der Waals surface area (Å²) in [6, 6.07) is 29.3. The molecule has 3 heterocycles. The van der Waals surface area contributed by atoms with Crippen LogP contribution in [0.3, 0.4) is 0 Å². The summed E-state index contributed by atoms with van der Waals surface area (Å²) in [5.74, 6) is 1.63. The third kappa shape index (κ3) is 5.23. The predicted molar refractivity (Wildman–Crippen MR) is 164 cm³/mol. The molecule has 206 valence electrons. The maximum absolute atomic E-state index is 14.0. The highest BCUT2D eigenvalue weighted by Crippen LogP contribution is 2.44. The van der Waals surface area contributed by atoms with E-state index in [-0.39, 0.29) is 29.9 Å². The molecule has 3 atom stereocenters. The van der Waals surface area contributed by atoms with Crippen molar-refractivity contribution < 1.29 is 14.3 Å². The maximum Gasteiger partial charge on any atom is 0.264 e. The fourth-order valence-electron chi connectivity index (χ4n) is 6.03. The molecule has 4 aromatic rings. The standard InChI is InChI=1S/C35H32N2O3S/c1-3-10-25-22-26(23-31-29-13-8-9-14-30(29)34(38)37(25)31)36(21-4-2)35(39)33-20-19-32(41-33)24-15-17-28(18-16-24)40-27-11-6-5-7-12-27/h3-20,25-26,31H,2,21-23H2,1H3/b10-3+/t25-,26?,31+/m1/s1. The third-order valence-corrected chi connectivity index (χ3v) is 8.99.